The van der Waals surface area contributed by atoms with Crippen molar-refractivity contribution in [1.82, 2.24) is 0 Å². The molecule has 2 N–H and O–H groups in total. The largest absolute Gasteiger partial charge is 0.485 e. The number of benzene rings is 2. The van der Waals surface area contributed by atoms with Crippen LogP contribution >= 0.6 is 11.6 Å². The van der Waals surface area contributed by atoms with Gasteiger partial charge in [-0.25, -0.2) is 0 Å². The Hall–Kier alpha value is -1.51. The third kappa shape index (κ3) is 2.41. The van der Waals surface area contributed by atoms with Crippen LogP contribution in [0.1, 0.15) is 40.8 Å². The van der Waals surface area contributed by atoms with Gasteiger partial charge in [0.25, 0.3) is 0 Å². The van der Waals surface area contributed by atoms with Gasteiger partial charge < -0.3 is 10.5 Å². The van der Waals surface area contributed by atoms with E-state index in [0.29, 0.717) is 5.02 Å². The summed E-state index contributed by atoms with van der Waals surface area (Å²) >= 11 is 6.02. The summed E-state index contributed by atoms with van der Waals surface area (Å²) in [5.74, 6) is 0.844. The second-order valence-electron chi connectivity index (χ2n) is 5.47. The van der Waals surface area contributed by atoms with Crippen molar-refractivity contribution in [3.63, 3.8) is 0 Å². The lowest BCUT2D eigenvalue weighted by Crippen LogP contribution is -2.24. The van der Waals surface area contributed by atoms with E-state index in [-0.39, 0.29) is 12.1 Å². The van der Waals surface area contributed by atoms with Crippen molar-refractivity contribution < 1.29 is 4.74 Å². The molecule has 1 heterocycles. The molecular formula is C17H18ClNO. The van der Waals surface area contributed by atoms with Gasteiger partial charge in [0.2, 0.25) is 0 Å². The monoisotopic (exact) mass is 287 g/mol. The van der Waals surface area contributed by atoms with Crippen molar-refractivity contribution in [3.05, 3.63) is 63.7 Å². The molecule has 2 nitrogen and oxygen atoms in total. The Labute approximate surface area is 124 Å². The maximum Gasteiger partial charge on any atom is 0.126 e. The summed E-state index contributed by atoms with van der Waals surface area (Å²) in [6.45, 7) is 4.24. The van der Waals surface area contributed by atoms with Crippen molar-refractivity contribution >= 4 is 11.6 Å². The van der Waals surface area contributed by atoms with E-state index in [2.05, 4.69) is 32.0 Å². The van der Waals surface area contributed by atoms with Crippen LogP contribution in [0.5, 0.6) is 5.75 Å². The van der Waals surface area contributed by atoms with Crippen LogP contribution in [0.4, 0.5) is 0 Å². The van der Waals surface area contributed by atoms with E-state index in [1.165, 1.54) is 16.7 Å². The predicted molar refractivity (Wildman–Crippen MR) is 82.3 cm³/mol. The average Bonchev–Trinajstić information content (AvgIpc) is 2.42. The fraction of sp³-hybridized carbons (Fsp3) is 0.294. The number of fused-ring (bicyclic) bond motifs is 1. The molecule has 0 aromatic heterocycles. The van der Waals surface area contributed by atoms with E-state index < -0.39 is 0 Å². The fourth-order valence-corrected chi connectivity index (χ4v) is 2.82. The number of hydrogen-bond donors (Lipinski definition) is 1. The topological polar surface area (TPSA) is 35.2 Å². The zero-order valence-electron chi connectivity index (χ0n) is 11.7. The number of ether oxygens (including phenoxy) is 1. The van der Waals surface area contributed by atoms with Gasteiger partial charge in [0.15, 0.2) is 0 Å². The molecule has 0 fully saturated rings. The molecule has 0 aliphatic carbocycles. The Morgan fingerprint density at radius 3 is 2.65 bits per heavy atom. The highest BCUT2D eigenvalue weighted by Gasteiger charge is 2.27. The van der Waals surface area contributed by atoms with Crippen molar-refractivity contribution in [3.8, 4) is 5.75 Å². The van der Waals surface area contributed by atoms with Crippen molar-refractivity contribution in [2.75, 3.05) is 0 Å². The van der Waals surface area contributed by atoms with Gasteiger partial charge in [-0.15, -0.1) is 0 Å². The average molecular weight is 288 g/mol. The summed E-state index contributed by atoms with van der Waals surface area (Å²) in [5.41, 5.74) is 11.0. The van der Waals surface area contributed by atoms with Crippen LogP contribution < -0.4 is 10.5 Å². The zero-order valence-corrected chi connectivity index (χ0v) is 12.4. The number of rotatable bonds is 1. The van der Waals surface area contributed by atoms with Crippen LogP contribution in [0.3, 0.4) is 0 Å². The van der Waals surface area contributed by atoms with Gasteiger partial charge in [-0.05, 0) is 48.7 Å². The van der Waals surface area contributed by atoms with E-state index in [0.717, 1.165) is 17.7 Å². The quantitative estimate of drug-likeness (QED) is 0.839. The summed E-state index contributed by atoms with van der Waals surface area (Å²) in [4.78, 5) is 0. The molecule has 2 aromatic rings. The number of nitrogens with two attached hydrogens (primary N) is 1. The Morgan fingerprint density at radius 1 is 1.10 bits per heavy atom. The highest BCUT2D eigenvalue weighted by atomic mass is 35.5. The minimum Gasteiger partial charge on any atom is -0.485 e. The fourth-order valence-electron chi connectivity index (χ4n) is 2.64. The Bertz CT molecular complexity index is 653. The minimum absolute atomic E-state index is 0.0120. The molecule has 0 spiro atoms. The van der Waals surface area contributed by atoms with Gasteiger partial charge in [-0.2, -0.15) is 0 Å². The van der Waals surface area contributed by atoms with Crippen LogP contribution in [0.2, 0.25) is 5.02 Å². The number of halogens is 1. The highest BCUT2D eigenvalue weighted by molar-refractivity contribution is 6.30. The van der Waals surface area contributed by atoms with E-state index in [9.17, 15) is 0 Å². The van der Waals surface area contributed by atoms with Crippen LogP contribution in [0.25, 0.3) is 0 Å². The van der Waals surface area contributed by atoms with Gasteiger partial charge in [0.05, 0.1) is 0 Å². The van der Waals surface area contributed by atoms with Gasteiger partial charge in [-0.3, -0.25) is 0 Å². The Kier molecular flexibility index (Phi) is 3.45. The molecule has 2 atom stereocenters. The van der Waals surface area contributed by atoms with Crippen LogP contribution in [0, 0.1) is 13.8 Å². The molecule has 104 valence electrons. The van der Waals surface area contributed by atoms with Crippen LogP contribution in [-0.4, -0.2) is 0 Å². The lowest BCUT2D eigenvalue weighted by atomic mass is 9.92. The molecule has 1 aliphatic rings. The van der Waals surface area contributed by atoms with Crippen molar-refractivity contribution in [1.29, 1.82) is 0 Å². The molecule has 20 heavy (non-hydrogen) atoms. The maximum absolute atomic E-state index is 6.27. The summed E-state index contributed by atoms with van der Waals surface area (Å²) in [5, 5.41) is 0.701. The normalized spacial score (nSPS) is 21.2. The smallest absolute Gasteiger partial charge is 0.126 e. The van der Waals surface area contributed by atoms with Crippen molar-refractivity contribution in [2.45, 2.75) is 32.4 Å². The summed E-state index contributed by atoms with van der Waals surface area (Å²) < 4.78 is 6.10. The van der Waals surface area contributed by atoms with Gasteiger partial charge in [0.1, 0.15) is 11.9 Å². The van der Waals surface area contributed by atoms with Crippen LogP contribution in [-0.2, 0) is 0 Å². The first kappa shape index (κ1) is 13.5. The molecular weight excluding hydrogens is 270 g/mol. The van der Waals surface area contributed by atoms with E-state index in [1.54, 1.807) is 0 Å². The number of hydrogen-bond acceptors (Lipinski definition) is 2. The van der Waals surface area contributed by atoms with E-state index >= 15 is 0 Å². The molecule has 3 rings (SSSR count). The second kappa shape index (κ2) is 5.12. The number of aryl methyl sites for hydroxylation is 2. The van der Waals surface area contributed by atoms with Gasteiger partial charge in [0, 0.05) is 23.0 Å². The first-order chi connectivity index (χ1) is 9.54. The first-order valence-corrected chi connectivity index (χ1v) is 7.21. The Balaban J connectivity index is 1.94. The molecule has 1 aliphatic heterocycles. The molecule has 0 radical (unpaired) electrons. The minimum atomic E-state index is -0.0379. The molecule has 0 saturated heterocycles. The second-order valence-corrected chi connectivity index (χ2v) is 5.91. The zero-order chi connectivity index (χ0) is 14.3. The first-order valence-electron chi connectivity index (χ1n) is 6.83. The van der Waals surface area contributed by atoms with E-state index in [4.69, 9.17) is 22.1 Å². The predicted octanol–water partition coefficient (Wildman–Crippen LogP) is 4.48. The van der Waals surface area contributed by atoms with E-state index in [1.807, 2.05) is 18.2 Å². The SMILES string of the molecule is Cc1ccc(C2C[C@@H](N)c3cc(Cl)ccc3O2)cc1C. The molecule has 0 saturated carbocycles. The van der Waals surface area contributed by atoms with Crippen LogP contribution in [0.15, 0.2) is 36.4 Å². The summed E-state index contributed by atoms with van der Waals surface area (Å²) in [6, 6.07) is 12.1. The molecule has 0 amide bonds. The lowest BCUT2D eigenvalue weighted by molar-refractivity contribution is 0.161. The third-order valence-electron chi connectivity index (χ3n) is 4.01. The molecule has 2 aromatic carbocycles. The molecule has 3 heteroatoms. The highest BCUT2D eigenvalue weighted by Crippen LogP contribution is 2.40. The van der Waals surface area contributed by atoms with Crippen molar-refractivity contribution in [2.24, 2.45) is 5.73 Å². The van der Waals surface area contributed by atoms with Gasteiger partial charge in [-0.1, -0.05) is 29.8 Å². The molecule has 1 unspecified atom stereocenters. The summed E-state index contributed by atoms with van der Waals surface area (Å²) in [6.07, 6.45) is 0.786. The molecule has 0 bridgehead atoms. The third-order valence-corrected chi connectivity index (χ3v) is 4.25. The Morgan fingerprint density at radius 2 is 1.90 bits per heavy atom. The summed E-state index contributed by atoms with van der Waals surface area (Å²) in [7, 11) is 0. The van der Waals surface area contributed by atoms with Gasteiger partial charge >= 0.3 is 0 Å². The lowest BCUT2D eigenvalue weighted by Gasteiger charge is -2.31. The maximum atomic E-state index is 6.27. The standard InChI is InChI=1S/C17H18ClNO/c1-10-3-4-12(7-11(10)2)17-9-15(19)14-8-13(18)5-6-16(14)20-17/h3-8,15,17H,9,19H2,1-2H3/t15-,17?/m1/s1.